The monoisotopic (exact) mass is 250 g/mol. The number of fused-ring (bicyclic) bond motifs is 1. The maximum absolute atomic E-state index is 12.1. The minimum atomic E-state index is -0.247. The third-order valence-electron chi connectivity index (χ3n) is 2.55. The first kappa shape index (κ1) is 10.0. The molecule has 0 fully saturated rings. The first-order chi connectivity index (χ1) is 8.18. The predicted molar refractivity (Wildman–Crippen MR) is 61.3 cm³/mol. The average Bonchev–Trinajstić information content (AvgIpc) is 2.88. The van der Waals surface area contributed by atoms with Gasteiger partial charge in [0.15, 0.2) is 0 Å². The number of aryl methyl sites for hydroxylation is 1. The SMILES string of the molecule is Cn1c(=O)n(-c2nn[nH]n2)c2cc(Cl)ccc21. The van der Waals surface area contributed by atoms with Gasteiger partial charge >= 0.3 is 5.69 Å². The van der Waals surface area contributed by atoms with E-state index < -0.39 is 0 Å². The summed E-state index contributed by atoms with van der Waals surface area (Å²) in [6.07, 6.45) is 0. The molecule has 1 aromatic carbocycles. The zero-order valence-electron chi connectivity index (χ0n) is 8.75. The quantitative estimate of drug-likeness (QED) is 0.682. The fraction of sp³-hybridized carbons (Fsp3) is 0.111. The summed E-state index contributed by atoms with van der Waals surface area (Å²) >= 11 is 5.92. The number of halogens is 1. The molecule has 8 heteroatoms. The molecule has 17 heavy (non-hydrogen) atoms. The molecule has 0 radical (unpaired) electrons. The number of tetrazole rings is 1. The number of benzene rings is 1. The van der Waals surface area contributed by atoms with E-state index in [4.69, 9.17) is 11.6 Å². The minimum Gasteiger partial charge on any atom is -0.295 e. The molecule has 0 aliphatic carbocycles. The highest BCUT2D eigenvalue weighted by atomic mass is 35.5. The zero-order valence-corrected chi connectivity index (χ0v) is 9.51. The maximum Gasteiger partial charge on any atom is 0.335 e. The number of aromatic nitrogens is 6. The number of H-pyrrole nitrogens is 1. The van der Waals surface area contributed by atoms with Crippen LogP contribution in [0.25, 0.3) is 17.0 Å². The van der Waals surface area contributed by atoms with Crippen molar-refractivity contribution >= 4 is 22.6 Å². The Labute approximate surface area is 99.6 Å². The molecule has 0 amide bonds. The Morgan fingerprint density at radius 3 is 2.88 bits per heavy atom. The number of aromatic amines is 1. The van der Waals surface area contributed by atoms with Crippen LogP contribution in [0.1, 0.15) is 0 Å². The zero-order chi connectivity index (χ0) is 12.0. The lowest BCUT2D eigenvalue weighted by Gasteiger charge is -1.96. The van der Waals surface area contributed by atoms with Crippen LogP contribution in [0.4, 0.5) is 0 Å². The molecule has 0 aliphatic heterocycles. The molecular weight excluding hydrogens is 244 g/mol. The molecule has 0 bridgehead atoms. The summed E-state index contributed by atoms with van der Waals surface area (Å²) in [6.45, 7) is 0. The number of hydrogen-bond donors (Lipinski definition) is 1. The molecule has 2 aromatic heterocycles. The summed E-state index contributed by atoms with van der Waals surface area (Å²) in [5.74, 6) is 0.197. The molecule has 0 saturated carbocycles. The van der Waals surface area contributed by atoms with Crippen molar-refractivity contribution in [2.24, 2.45) is 7.05 Å². The fourth-order valence-electron chi connectivity index (χ4n) is 1.76. The van der Waals surface area contributed by atoms with Crippen LogP contribution >= 0.6 is 11.6 Å². The van der Waals surface area contributed by atoms with Gasteiger partial charge in [0.25, 0.3) is 5.95 Å². The molecule has 3 rings (SSSR count). The van der Waals surface area contributed by atoms with E-state index in [9.17, 15) is 4.79 Å². The van der Waals surface area contributed by atoms with Crippen molar-refractivity contribution in [2.75, 3.05) is 0 Å². The highest BCUT2D eigenvalue weighted by Gasteiger charge is 2.15. The van der Waals surface area contributed by atoms with E-state index >= 15 is 0 Å². The average molecular weight is 251 g/mol. The third-order valence-corrected chi connectivity index (χ3v) is 2.79. The second-order valence-electron chi connectivity index (χ2n) is 3.52. The molecule has 0 saturated heterocycles. The first-order valence-electron chi connectivity index (χ1n) is 4.79. The van der Waals surface area contributed by atoms with Crippen LogP contribution in [-0.4, -0.2) is 29.8 Å². The Bertz CT molecular complexity index is 741. The van der Waals surface area contributed by atoms with E-state index in [1.54, 1.807) is 25.2 Å². The van der Waals surface area contributed by atoms with Crippen molar-refractivity contribution in [2.45, 2.75) is 0 Å². The molecule has 7 nitrogen and oxygen atoms in total. The van der Waals surface area contributed by atoms with Crippen molar-refractivity contribution in [3.63, 3.8) is 0 Å². The number of rotatable bonds is 1. The number of hydrogen-bond acceptors (Lipinski definition) is 4. The van der Waals surface area contributed by atoms with Gasteiger partial charge in [-0.3, -0.25) is 4.57 Å². The summed E-state index contributed by atoms with van der Waals surface area (Å²) < 4.78 is 2.85. The van der Waals surface area contributed by atoms with Crippen LogP contribution in [-0.2, 0) is 7.05 Å². The second-order valence-corrected chi connectivity index (χ2v) is 3.96. The second kappa shape index (κ2) is 3.42. The van der Waals surface area contributed by atoms with Crippen LogP contribution in [0.5, 0.6) is 0 Å². The lowest BCUT2D eigenvalue weighted by molar-refractivity contribution is 0.818. The van der Waals surface area contributed by atoms with E-state index in [1.807, 2.05) is 0 Å². The largest absolute Gasteiger partial charge is 0.335 e. The third kappa shape index (κ3) is 1.36. The van der Waals surface area contributed by atoms with E-state index in [0.29, 0.717) is 10.5 Å². The normalized spacial score (nSPS) is 11.2. The molecule has 2 heterocycles. The van der Waals surface area contributed by atoms with E-state index in [0.717, 1.165) is 5.52 Å². The van der Waals surface area contributed by atoms with Gasteiger partial charge in [0.2, 0.25) is 0 Å². The Balaban J connectivity index is 2.49. The van der Waals surface area contributed by atoms with Crippen LogP contribution in [0.3, 0.4) is 0 Å². The summed E-state index contributed by atoms with van der Waals surface area (Å²) in [6, 6.07) is 5.19. The maximum atomic E-state index is 12.1. The van der Waals surface area contributed by atoms with Gasteiger partial charge in [-0.15, -0.1) is 5.10 Å². The van der Waals surface area contributed by atoms with E-state index in [1.165, 1.54) is 9.13 Å². The topological polar surface area (TPSA) is 81.4 Å². The van der Waals surface area contributed by atoms with Gasteiger partial charge in [-0.1, -0.05) is 16.7 Å². The Morgan fingerprint density at radius 1 is 1.35 bits per heavy atom. The number of imidazole rings is 1. The Kier molecular flexibility index (Phi) is 2.02. The predicted octanol–water partition coefficient (Wildman–Crippen LogP) is 0.496. The standard InChI is InChI=1S/C9H7ClN6O/c1-15-6-3-2-5(10)4-7(6)16(9(15)17)8-11-13-14-12-8/h2-4H,1H3,(H,11,12,13,14). The van der Waals surface area contributed by atoms with E-state index in [-0.39, 0.29) is 11.6 Å². The van der Waals surface area contributed by atoms with Gasteiger partial charge in [-0.25, -0.2) is 9.36 Å². The molecule has 0 aliphatic rings. The minimum absolute atomic E-state index is 0.197. The molecule has 3 aromatic rings. The van der Waals surface area contributed by atoms with Crippen LogP contribution in [0.2, 0.25) is 5.02 Å². The summed E-state index contributed by atoms with van der Waals surface area (Å²) in [5.41, 5.74) is 1.15. The Morgan fingerprint density at radius 2 is 2.18 bits per heavy atom. The first-order valence-corrected chi connectivity index (χ1v) is 5.17. The van der Waals surface area contributed by atoms with E-state index in [2.05, 4.69) is 20.6 Å². The highest BCUT2D eigenvalue weighted by molar-refractivity contribution is 6.31. The molecule has 0 atom stereocenters. The lowest BCUT2D eigenvalue weighted by Crippen LogP contribution is -2.21. The molecule has 0 unspecified atom stereocenters. The van der Waals surface area contributed by atoms with Crippen molar-refractivity contribution in [3.8, 4) is 5.95 Å². The molecular formula is C9H7ClN6O. The summed E-state index contributed by atoms with van der Waals surface area (Å²) in [4.78, 5) is 12.1. The molecule has 0 spiro atoms. The fourth-order valence-corrected chi connectivity index (χ4v) is 1.93. The van der Waals surface area contributed by atoms with Crippen LogP contribution in [0, 0.1) is 0 Å². The van der Waals surface area contributed by atoms with Crippen molar-refractivity contribution in [1.29, 1.82) is 0 Å². The summed E-state index contributed by atoms with van der Waals surface area (Å²) in [5, 5.41) is 13.9. The summed E-state index contributed by atoms with van der Waals surface area (Å²) in [7, 11) is 1.68. The van der Waals surface area contributed by atoms with Crippen molar-refractivity contribution < 1.29 is 0 Å². The van der Waals surface area contributed by atoms with Crippen molar-refractivity contribution in [3.05, 3.63) is 33.7 Å². The van der Waals surface area contributed by atoms with Crippen LogP contribution < -0.4 is 5.69 Å². The van der Waals surface area contributed by atoms with Gasteiger partial charge in [0.1, 0.15) is 0 Å². The van der Waals surface area contributed by atoms with Crippen molar-refractivity contribution in [1.82, 2.24) is 29.8 Å². The molecule has 86 valence electrons. The van der Waals surface area contributed by atoms with Gasteiger partial charge < -0.3 is 0 Å². The van der Waals surface area contributed by atoms with Gasteiger partial charge in [0.05, 0.1) is 11.0 Å². The smallest absolute Gasteiger partial charge is 0.295 e. The number of nitrogens with zero attached hydrogens (tertiary/aromatic N) is 5. The van der Waals surface area contributed by atoms with Crippen LogP contribution in [0.15, 0.2) is 23.0 Å². The molecule has 1 N–H and O–H groups in total. The lowest BCUT2D eigenvalue weighted by atomic mass is 10.3. The van der Waals surface area contributed by atoms with Gasteiger partial charge in [-0.05, 0) is 23.4 Å². The Hall–Kier alpha value is -2.15. The van der Waals surface area contributed by atoms with Gasteiger partial charge in [0, 0.05) is 12.1 Å². The highest BCUT2D eigenvalue weighted by Crippen LogP contribution is 2.19. The number of nitrogens with one attached hydrogen (secondary N) is 1. The van der Waals surface area contributed by atoms with Gasteiger partial charge in [-0.2, -0.15) is 5.21 Å².